The molecule has 0 aromatic heterocycles. The van der Waals surface area contributed by atoms with Gasteiger partial charge in [-0.1, -0.05) is 18.2 Å². The van der Waals surface area contributed by atoms with Crippen LogP contribution in [-0.2, 0) is 4.79 Å². The second-order valence-electron chi connectivity index (χ2n) is 4.99. The van der Waals surface area contributed by atoms with Crippen LogP contribution in [0.5, 0.6) is 5.75 Å². The van der Waals surface area contributed by atoms with Gasteiger partial charge in [0.2, 0.25) is 5.75 Å². The number of benzene rings is 2. The number of rotatable bonds is 6. The van der Waals surface area contributed by atoms with Crippen molar-refractivity contribution >= 4 is 23.5 Å². The van der Waals surface area contributed by atoms with E-state index in [4.69, 9.17) is 0 Å². The van der Waals surface area contributed by atoms with Gasteiger partial charge in [-0.2, -0.15) is 5.10 Å². The Morgan fingerprint density at radius 1 is 1.33 bits per heavy atom. The number of nitrogens with zero attached hydrogens (tertiary/aromatic N) is 2. The molecule has 0 radical (unpaired) electrons. The predicted molar refractivity (Wildman–Crippen MR) is 90.2 cm³/mol. The number of aryl methyl sites for hydroxylation is 1. The van der Waals surface area contributed by atoms with Gasteiger partial charge in [-0.15, -0.1) is 0 Å². The third-order valence-corrected chi connectivity index (χ3v) is 3.11. The minimum Gasteiger partial charge on any atom is -0.502 e. The molecule has 0 saturated heterocycles. The van der Waals surface area contributed by atoms with E-state index in [0.29, 0.717) is 0 Å². The summed E-state index contributed by atoms with van der Waals surface area (Å²) in [4.78, 5) is 21.7. The molecule has 0 aliphatic rings. The summed E-state index contributed by atoms with van der Waals surface area (Å²) < 4.78 is 0. The monoisotopic (exact) mass is 328 g/mol. The number of phenols is 1. The van der Waals surface area contributed by atoms with Crippen molar-refractivity contribution < 1.29 is 14.8 Å². The van der Waals surface area contributed by atoms with Gasteiger partial charge in [0, 0.05) is 17.3 Å². The van der Waals surface area contributed by atoms with Gasteiger partial charge in [0.05, 0.1) is 17.7 Å². The van der Waals surface area contributed by atoms with E-state index in [1.54, 1.807) is 0 Å². The van der Waals surface area contributed by atoms with Crippen LogP contribution in [0.15, 0.2) is 47.6 Å². The van der Waals surface area contributed by atoms with E-state index < -0.39 is 22.3 Å². The van der Waals surface area contributed by atoms with Crippen molar-refractivity contribution in [2.24, 2.45) is 5.10 Å². The van der Waals surface area contributed by atoms with Crippen molar-refractivity contribution in [2.45, 2.75) is 6.92 Å². The fraction of sp³-hybridized carbons (Fsp3) is 0.125. The van der Waals surface area contributed by atoms with Crippen LogP contribution in [-0.4, -0.2) is 28.7 Å². The molecule has 0 spiro atoms. The minimum absolute atomic E-state index is 0.0156. The van der Waals surface area contributed by atoms with Crippen molar-refractivity contribution in [3.63, 3.8) is 0 Å². The molecule has 3 N–H and O–H groups in total. The molecule has 2 rings (SSSR count). The number of carbonyl (C=O) groups excluding carboxylic acids is 1. The number of phenolic OH excluding ortho intramolecular Hbond substituents is 1. The van der Waals surface area contributed by atoms with E-state index in [2.05, 4.69) is 15.8 Å². The molecule has 0 bridgehead atoms. The third-order valence-electron chi connectivity index (χ3n) is 3.11. The SMILES string of the molecule is Cc1cccc(NCC(=O)N/N=C/c2cccc([N+](=O)[O-])c2O)c1. The van der Waals surface area contributed by atoms with Gasteiger partial charge in [0.1, 0.15) is 0 Å². The van der Waals surface area contributed by atoms with Gasteiger partial charge in [-0.3, -0.25) is 14.9 Å². The fourth-order valence-corrected chi connectivity index (χ4v) is 1.95. The zero-order valence-electron chi connectivity index (χ0n) is 12.9. The second-order valence-corrected chi connectivity index (χ2v) is 4.99. The van der Waals surface area contributed by atoms with Crippen LogP contribution in [0.25, 0.3) is 0 Å². The molecular formula is C16H16N4O4. The Hall–Kier alpha value is -3.42. The molecule has 0 fully saturated rings. The molecule has 0 aliphatic carbocycles. The fourth-order valence-electron chi connectivity index (χ4n) is 1.95. The van der Waals surface area contributed by atoms with Crippen LogP contribution in [0.4, 0.5) is 11.4 Å². The summed E-state index contributed by atoms with van der Waals surface area (Å²) >= 11 is 0. The van der Waals surface area contributed by atoms with Crippen LogP contribution in [0.1, 0.15) is 11.1 Å². The van der Waals surface area contributed by atoms with E-state index in [9.17, 15) is 20.0 Å². The molecule has 8 heteroatoms. The zero-order chi connectivity index (χ0) is 17.5. The lowest BCUT2D eigenvalue weighted by Gasteiger charge is -2.05. The average molecular weight is 328 g/mol. The number of nitro benzene ring substituents is 1. The van der Waals surface area contributed by atoms with E-state index >= 15 is 0 Å². The molecule has 124 valence electrons. The Bertz CT molecular complexity index is 789. The third kappa shape index (κ3) is 4.54. The number of anilines is 1. The van der Waals surface area contributed by atoms with Crippen LogP contribution < -0.4 is 10.7 Å². The smallest absolute Gasteiger partial charge is 0.311 e. The lowest BCUT2D eigenvalue weighted by Crippen LogP contribution is -2.25. The van der Waals surface area contributed by atoms with Crippen molar-refractivity contribution in [3.8, 4) is 5.75 Å². The van der Waals surface area contributed by atoms with Gasteiger partial charge < -0.3 is 10.4 Å². The summed E-state index contributed by atoms with van der Waals surface area (Å²) in [6.07, 6.45) is 1.15. The highest BCUT2D eigenvalue weighted by molar-refractivity contribution is 5.87. The van der Waals surface area contributed by atoms with Gasteiger partial charge in [0.15, 0.2) is 0 Å². The predicted octanol–water partition coefficient (Wildman–Crippen LogP) is 2.17. The standard InChI is InChI=1S/C16H16N4O4/c1-11-4-2-6-13(8-11)17-10-15(21)19-18-9-12-5-3-7-14(16(12)22)20(23)24/h2-9,17,22H,10H2,1H3,(H,19,21)/b18-9+. The molecule has 2 aromatic carbocycles. The van der Waals surface area contributed by atoms with Crippen molar-refractivity contribution in [3.05, 3.63) is 63.7 Å². The summed E-state index contributed by atoms with van der Waals surface area (Å²) in [7, 11) is 0. The number of nitrogens with one attached hydrogen (secondary N) is 2. The van der Waals surface area contributed by atoms with E-state index in [-0.39, 0.29) is 12.1 Å². The topological polar surface area (TPSA) is 117 Å². The summed E-state index contributed by atoms with van der Waals surface area (Å²) in [6, 6.07) is 11.6. The lowest BCUT2D eigenvalue weighted by atomic mass is 10.2. The van der Waals surface area contributed by atoms with Gasteiger partial charge in [-0.05, 0) is 30.7 Å². The second kappa shape index (κ2) is 7.73. The number of hydrogen-bond donors (Lipinski definition) is 3. The number of carbonyl (C=O) groups is 1. The molecule has 2 aromatic rings. The maximum Gasteiger partial charge on any atom is 0.311 e. The van der Waals surface area contributed by atoms with E-state index in [0.717, 1.165) is 17.5 Å². The first-order chi connectivity index (χ1) is 11.5. The molecule has 0 aliphatic heterocycles. The Balaban J connectivity index is 1.91. The Kier molecular flexibility index (Phi) is 5.45. The van der Waals surface area contributed by atoms with Crippen LogP contribution in [0, 0.1) is 17.0 Å². The van der Waals surface area contributed by atoms with Crippen molar-refractivity contribution in [1.29, 1.82) is 0 Å². The molecule has 1 amide bonds. The Morgan fingerprint density at radius 2 is 2.08 bits per heavy atom. The maximum absolute atomic E-state index is 11.7. The molecule has 0 atom stereocenters. The number of hydrogen-bond acceptors (Lipinski definition) is 6. The van der Waals surface area contributed by atoms with Crippen LogP contribution in [0.2, 0.25) is 0 Å². The molecule has 0 unspecified atom stereocenters. The van der Waals surface area contributed by atoms with Crippen LogP contribution in [0.3, 0.4) is 0 Å². The quantitative estimate of drug-likeness (QED) is 0.427. The number of amides is 1. The summed E-state index contributed by atoms with van der Waals surface area (Å²) in [5, 5.41) is 27.1. The van der Waals surface area contributed by atoms with Crippen LogP contribution >= 0.6 is 0 Å². The van der Waals surface area contributed by atoms with E-state index in [1.807, 2.05) is 31.2 Å². The zero-order valence-corrected chi connectivity index (χ0v) is 12.9. The number of nitro groups is 1. The molecule has 24 heavy (non-hydrogen) atoms. The Labute approximate surface area is 138 Å². The van der Waals surface area contributed by atoms with Gasteiger partial charge >= 0.3 is 5.69 Å². The summed E-state index contributed by atoms with van der Waals surface area (Å²) in [5.41, 5.74) is 3.87. The van der Waals surface area contributed by atoms with Crippen molar-refractivity contribution in [2.75, 3.05) is 11.9 Å². The minimum atomic E-state index is -0.697. The molecular weight excluding hydrogens is 312 g/mol. The normalized spacial score (nSPS) is 10.5. The number of hydrazone groups is 1. The first kappa shape index (κ1) is 16.9. The molecule has 0 saturated carbocycles. The Morgan fingerprint density at radius 3 is 2.79 bits per heavy atom. The first-order valence-corrected chi connectivity index (χ1v) is 7.06. The highest BCUT2D eigenvalue weighted by Gasteiger charge is 2.15. The van der Waals surface area contributed by atoms with Gasteiger partial charge in [0.25, 0.3) is 5.91 Å². The molecule has 8 nitrogen and oxygen atoms in total. The lowest BCUT2D eigenvalue weighted by molar-refractivity contribution is -0.385. The largest absolute Gasteiger partial charge is 0.502 e. The van der Waals surface area contributed by atoms with Crippen molar-refractivity contribution in [1.82, 2.24) is 5.43 Å². The summed E-state index contributed by atoms with van der Waals surface area (Å²) in [6.45, 7) is 1.96. The highest BCUT2D eigenvalue weighted by atomic mass is 16.6. The number of para-hydroxylation sites is 1. The maximum atomic E-state index is 11.7. The number of aromatic hydroxyl groups is 1. The highest BCUT2D eigenvalue weighted by Crippen LogP contribution is 2.27. The summed E-state index contributed by atoms with van der Waals surface area (Å²) in [5.74, 6) is -0.893. The van der Waals surface area contributed by atoms with Gasteiger partial charge in [-0.25, -0.2) is 5.43 Å². The molecule has 0 heterocycles. The average Bonchev–Trinajstić information content (AvgIpc) is 2.54. The first-order valence-electron chi connectivity index (χ1n) is 7.06. The van der Waals surface area contributed by atoms with E-state index in [1.165, 1.54) is 18.2 Å².